The van der Waals surface area contributed by atoms with Crippen LogP contribution in [-0.2, 0) is 19.9 Å². The summed E-state index contributed by atoms with van der Waals surface area (Å²) in [6.07, 6.45) is 6.82. The van der Waals surface area contributed by atoms with Crippen molar-refractivity contribution in [2.24, 2.45) is 5.73 Å². The van der Waals surface area contributed by atoms with Crippen molar-refractivity contribution in [2.45, 2.75) is 36.5 Å². The van der Waals surface area contributed by atoms with Crippen LogP contribution in [0.1, 0.15) is 20.8 Å². The maximum absolute atomic E-state index is 13.3. The van der Waals surface area contributed by atoms with E-state index in [2.05, 4.69) is 13.2 Å². The third-order valence-electron chi connectivity index (χ3n) is 4.96. The number of sulfone groups is 1. The molecule has 1 saturated heterocycles. The van der Waals surface area contributed by atoms with Gasteiger partial charge in [0.25, 0.3) is 0 Å². The quantitative estimate of drug-likeness (QED) is 0.504. The lowest BCUT2D eigenvalue weighted by atomic mass is 10.0. The van der Waals surface area contributed by atoms with Gasteiger partial charge in [0, 0.05) is 12.2 Å². The Hall–Kier alpha value is -2.36. The van der Waals surface area contributed by atoms with E-state index in [4.69, 9.17) is 10.5 Å². The maximum Gasteiger partial charge on any atom is 0.243 e. The fourth-order valence-corrected chi connectivity index (χ4v) is 6.89. The molecule has 7 nitrogen and oxygen atoms in total. The van der Waals surface area contributed by atoms with Gasteiger partial charge in [-0.2, -0.15) is 4.31 Å². The molecule has 164 valence electrons. The van der Waals surface area contributed by atoms with Gasteiger partial charge in [0.2, 0.25) is 10.0 Å². The smallest absolute Gasteiger partial charge is 0.243 e. The van der Waals surface area contributed by atoms with Gasteiger partial charge in [-0.3, -0.25) is 0 Å². The van der Waals surface area contributed by atoms with Crippen LogP contribution in [0.2, 0.25) is 0 Å². The topological polar surface area (TPSA) is 107 Å². The number of rotatable bonds is 7. The maximum atomic E-state index is 13.3. The molecule has 1 aliphatic rings. The number of benzene rings is 1. The first-order valence-electron chi connectivity index (χ1n) is 9.30. The SMILES string of the molecule is C=C/C=C(\C=C/C)Oc1ccc(S(=O)(=O)N2CCS(=O)(=O)C(C)(C)[C@@H]2C(=C)N)cc1. The average molecular weight is 453 g/mol. The van der Waals surface area contributed by atoms with Crippen LogP contribution in [0.25, 0.3) is 0 Å². The van der Waals surface area contributed by atoms with E-state index in [1.54, 1.807) is 24.3 Å². The van der Waals surface area contributed by atoms with Gasteiger partial charge < -0.3 is 10.5 Å². The summed E-state index contributed by atoms with van der Waals surface area (Å²) >= 11 is 0. The van der Waals surface area contributed by atoms with Crippen LogP contribution < -0.4 is 10.5 Å². The summed E-state index contributed by atoms with van der Waals surface area (Å²) in [5.74, 6) is 0.704. The molecule has 30 heavy (non-hydrogen) atoms. The summed E-state index contributed by atoms with van der Waals surface area (Å²) in [6.45, 7) is 11.9. The molecule has 2 N–H and O–H groups in total. The van der Waals surface area contributed by atoms with E-state index in [-0.39, 0.29) is 22.9 Å². The summed E-state index contributed by atoms with van der Waals surface area (Å²) in [4.78, 5) is 0.0106. The van der Waals surface area contributed by atoms with Crippen LogP contribution in [0.5, 0.6) is 5.75 Å². The van der Waals surface area contributed by atoms with E-state index in [0.29, 0.717) is 11.5 Å². The zero-order valence-electron chi connectivity index (χ0n) is 17.4. The molecule has 1 atom stereocenters. The van der Waals surface area contributed by atoms with Crippen LogP contribution in [0.4, 0.5) is 0 Å². The second-order valence-electron chi connectivity index (χ2n) is 7.39. The van der Waals surface area contributed by atoms with E-state index < -0.39 is 30.6 Å². The Morgan fingerprint density at radius 1 is 1.30 bits per heavy atom. The third kappa shape index (κ3) is 4.53. The minimum Gasteiger partial charge on any atom is -0.457 e. The molecule has 0 spiro atoms. The van der Waals surface area contributed by atoms with Crippen molar-refractivity contribution in [1.82, 2.24) is 4.31 Å². The lowest BCUT2D eigenvalue weighted by Gasteiger charge is -2.44. The monoisotopic (exact) mass is 452 g/mol. The minimum absolute atomic E-state index is 0.0106. The first-order chi connectivity index (χ1) is 13.9. The number of nitrogens with two attached hydrogens (primary N) is 1. The molecule has 0 aliphatic carbocycles. The standard InChI is InChI=1S/C21H28N2O5S2/c1-6-8-17(9-7-2)28-18-10-12-19(13-11-18)30(26,27)23-14-15-29(24,25)21(4,5)20(23)16(3)22/h6-13,20H,1,3,14-15,22H2,2,4-5H3/b9-7-,17-8+/t20-/m0/s1. The van der Waals surface area contributed by atoms with Crippen molar-refractivity contribution in [3.8, 4) is 5.75 Å². The molecule has 2 rings (SSSR count). The Labute approximate surface area is 179 Å². The molecule has 1 aliphatic heterocycles. The zero-order valence-corrected chi connectivity index (χ0v) is 19.0. The molecular formula is C21H28N2O5S2. The molecule has 1 heterocycles. The van der Waals surface area contributed by atoms with Crippen molar-refractivity contribution < 1.29 is 21.6 Å². The summed E-state index contributed by atoms with van der Waals surface area (Å²) in [5, 5.41) is 0. The molecule has 1 aromatic rings. The van der Waals surface area contributed by atoms with E-state index in [9.17, 15) is 16.8 Å². The molecule has 0 aromatic heterocycles. The van der Waals surface area contributed by atoms with Gasteiger partial charge in [0.05, 0.1) is 21.4 Å². The second-order valence-corrected chi connectivity index (χ2v) is 12.0. The Bertz CT molecular complexity index is 1080. The van der Waals surface area contributed by atoms with E-state index in [0.717, 1.165) is 4.31 Å². The molecule has 1 aromatic carbocycles. The van der Waals surface area contributed by atoms with E-state index in [1.165, 1.54) is 38.1 Å². The molecule has 0 unspecified atom stereocenters. The number of ether oxygens (including phenoxy) is 1. The molecule has 9 heteroatoms. The zero-order chi connectivity index (χ0) is 22.7. The van der Waals surface area contributed by atoms with Crippen molar-refractivity contribution in [3.63, 3.8) is 0 Å². The Kier molecular flexibility index (Phi) is 7.01. The highest BCUT2D eigenvalue weighted by Crippen LogP contribution is 2.36. The summed E-state index contributed by atoms with van der Waals surface area (Å²) in [7, 11) is -7.56. The lowest BCUT2D eigenvalue weighted by molar-refractivity contribution is 0.293. The lowest BCUT2D eigenvalue weighted by Crippen LogP contribution is -2.63. The van der Waals surface area contributed by atoms with Crippen LogP contribution in [-0.4, -0.2) is 44.2 Å². The highest BCUT2D eigenvalue weighted by molar-refractivity contribution is 7.93. The molecule has 0 bridgehead atoms. The first kappa shape index (κ1) is 23.9. The predicted molar refractivity (Wildman–Crippen MR) is 119 cm³/mol. The van der Waals surface area contributed by atoms with Crippen LogP contribution in [0.15, 0.2) is 78.1 Å². The van der Waals surface area contributed by atoms with Crippen molar-refractivity contribution in [1.29, 1.82) is 0 Å². The van der Waals surface area contributed by atoms with Crippen LogP contribution in [0.3, 0.4) is 0 Å². The van der Waals surface area contributed by atoms with Gasteiger partial charge in [0.15, 0.2) is 9.84 Å². The average Bonchev–Trinajstić information content (AvgIpc) is 2.64. The summed E-state index contributed by atoms with van der Waals surface area (Å²) in [5.41, 5.74) is 5.84. The van der Waals surface area contributed by atoms with Gasteiger partial charge in [-0.15, -0.1) is 0 Å². The predicted octanol–water partition coefficient (Wildman–Crippen LogP) is 2.75. The van der Waals surface area contributed by atoms with Crippen LogP contribution >= 0.6 is 0 Å². The molecule has 0 amide bonds. The molecule has 0 saturated carbocycles. The number of hydrogen-bond donors (Lipinski definition) is 1. The largest absolute Gasteiger partial charge is 0.457 e. The van der Waals surface area contributed by atoms with E-state index in [1.807, 2.05) is 6.92 Å². The summed E-state index contributed by atoms with van der Waals surface area (Å²) < 4.78 is 57.1. The summed E-state index contributed by atoms with van der Waals surface area (Å²) in [6, 6.07) is 4.82. The van der Waals surface area contributed by atoms with Gasteiger partial charge in [-0.25, -0.2) is 16.8 Å². The Morgan fingerprint density at radius 3 is 2.40 bits per heavy atom. The highest BCUT2D eigenvalue weighted by atomic mass is 32.2. The van der Waals surface area contributed by atoms with Crippen molar-refractivity contribution >= 4 is 19.9 Å². The molecule has 1 fully saturated rings. The third-order valence-corrected chi connectivity index (χ3v) is 9.38. The Morgan fingerprint density at radius 2 is 1.90 bits per heavy atom. The van der Waals surface area contributed by atoms with Crippen molar-refractivity contribution in [3.05, 3.63) is 73.2 Å². The number of nitrogens with zero attached hydrogens (tertiary/aromatic N) is 1. The van der Waals surface area contributed by atoms with Crippen LogP contribution in [0, 0.1) is 0 Å². The fraction of sp³-hybridized carbons (Fsp3) is 0.333. The van der Waals surface area contributed by atoms with Gasteiger partial charge in [-0.05, 0) is 57.2 Å². The Balaban J connectivity index is 2.40. The van der Waals surface area contributed by atoms with Gasteiger partial charge in [0.1, 0.15) is 11.5 Å². The fourth-order valence-electron chi connectivity index (χ4n) is 3.36. The highest BCUT2D eigenvalue weighted by Gasteiger charge is 2.52. The van der Waals surface area contributed by atoms with Crippen molar-refractivity contribution in [2.75, 3.05) is 12.3 Å². The number of sulfonamides is 1. The molecule has 0 radical (unpaired) electrons. The number of hydrogen-bond acceptors (Lipinski definition) is 6. The van der Waals surface area contributed by atoms with E-state index >= 15 is 0 Å². The minimum atomic E-state index is -4.02. The second kappa shape index (κ2) is 8.79. The normalized spacial score (nSPS) is 22.0. The molecular weight excluding hydrogens is 424 g/mol. The van der Waals surface area contributed by atoms with Gasteiger partial charge >= 0.3 is 0 Å². The number of allylic oxidation sites excluding steroid dienone is 4. The van der Waals surface area contributed by atoms with Gasteiger partial charge in [-0.1, -0.05) is 25.3 Å². The first-order valence-corrected chi connectivity index (χ1v) is 12.4.